The van der Waals surface area contributed by atoms with Crippen LogP contribution in [0.15, 0.2) is 28.3 Å². The molecule has 2 fully saturated rings. The number of aryl methyl sites for hydroxylation is 1. The number of amides is 2. The van der Waals surface area contributed by atoms with Gasteiger partial charge in [0.2, 0.25) is 11.8 Å². The van der Waals surface area contributed by atoms with E-state index in [9.17, 15) is 9.59 Å². The van der Waals surface area contributed by atoms with Gasteiger partial charge in [0.25, 0.3) is 0 Å². The van der Waals surface area contributed by atoms with Gasteiger partial charge < -0.3 is 0 Å². The van der Waals surface area contributed by atoms with Gasteiger partial charge in [0.05, 0.1) is 21.9 Å². The summed E-state index contributed by atoms with van der Waals surface area (Å²) in [6, 6.07) is 4.96. The zero-order chi connectivity index (χ0) is 18.5. The quantitative estimate of drug-likeness (QED) is 0.462. The SMILES string of the molecule is Cc1cccc(N2C(=O)[C@H]3[C@H](C2=O)[C@@]2(Cl)C(Cl)=C(Cl)[C@@]3(Cl)C2(Cl)Cl)n1. The monoisotopic (exact) mass is 458 g/mol. The van der Waals surface area contributed by atoms with Crippen LogP contribution < -0.4 is 4.90 Å². The second-order valence-electron chi connectivity index (χ2n) is 6.23. The maximum Gasteiger partial charge on any atom is 0.241 e. The average Bonchev–Trinajstić information content (AvgIpc) is 2.92. The Labute approximate surface area is 172 Å². The molecule has 0 spiro atoms. The van der Waals surface area contributed by atoms with Crippen LogP contribution in [-0.2, 0) is 9.59 Å². The summed E-state index contributed by atoms with van der Waals surface area (Å²) in [4.78, 5) is 27.7. The number of alkyl halides is 4. The highest BCUT2D eigenvalue weighted by atomic mass is 35.5. The third kappa shape index (κ3) is 1.77. The summed E-state index contributed by atoms with van der Waals surface area (Å²) in [6.07, 6.45) is 0. The Balaban J connectivity index is 1.92. The second kappa shape index (κ2) is 5.18. The molecule has 1 saturated heterocycles. The highest BCUT2D eigenvalue weighted by molar-refractivity contribution is 6.67. The number of rotatable bonds is 1. The van der Waals surface area contributed by atoms with Gasteiger partial charge in [0.1, 0.15) is 15.6 Å². The highest BCUT2D eigenvalue weighted by Gasteiger charge is 2.87. The van der Waals surface area contributed by atoms with Gasteiger partial charge >= 0.3 is 0 Å². The molecule has 4 atom stereocenters. The van der Waals surface area contributed by atoms with Gasteiger partial charge in [-0.05, 0) is 19.1 Å². The predicted molar refractivity (Wildman–Crippen MR) is 98.8 cm³/mol. The van der Waals surface area contributed by atoms with Crippen molar-refractivity contribution in [3.8, 4) is 0 Å². The van der Waals surface area contributed by atoms with E-state index in [0.717, 1.165) is 4.90 Å². The van der Waals surface area contributed by atoms with Crippen molar-refractivity contribution in [1.82, 2.24) is 4.98 Å². The first-order valence-electron chi connectivity index (χ1n) is 7.14. The van der Waals surface area contributed by atoms with Gasteiger partial charge in [0.15, 0.2) is 4.33 Å². The van der Waals surface area contributed by atoms with Crippen LogP contribution in [0.1, 0.15) is 5.69 Å². The van der Waals surface area contributed by atoms with Gasteiger partial charge in [-0.2, -0.15) is 0 Å². The highest BCUT2D eigenvalue weighted by Crippen LogP contribution is 2.77. The van der Waals surface area contributed by atoms with Crippen LogP contribution >= 0.6 is 69.6 Å². The number of imide groups is 1. The first-order valence-corrected chi connectivity index (χ1v) is 9.41. The van der Waals surface area contributed by atoms with E-state index in [1.54, 1.807) is 25.1 Å². The van der Waals surface area contributed by atoms with Crippen molar-refractivity contribution in [2.75, 3.05) is 4.90 Å². The zero-order valence-electron chi connectivity index (χ0n) is 12.4. The number of hydrogen-bond acceptors (Lipinski definition) is 3. The Bertz CT molecular complexity index is 841. The molecule has 2 aliphatic carbocycles. The van der Waals surface area contributed by atoms with Gasteiger partial charge in [-0.15, -0.1) is 23.2 Å². The van der Waals surface area contributed by atoms with Crippen molar-refractivity contribution in [2.24, 2.45) is 11.8 Å². The maximum atomic E-state index is 13.1. The fourth-order valence-electron chi connectivity index (χ4n) is 3.87. The average molecular weight is 461 g/mol. The number of anilines is 1. The minimum absolute atomic E-state index is 0.114. The minimum Gasteiger partial charge on any atom is -0.274 e. The van der Waals surface area contributed by atoms with Crippen molar-refractivity contribution in [2.45, 2.75) is 21.0 Å². The number of halogens is 6. The topological polar surface area (TPSA) is 50.3 Å². The number of nitrogens with zero attached hydrogens (tertiary/aromatic N) is 2. The standard InChI is InChI=1S/C15H8Cl6N2O2/c1-5-3-2-4-6(22-5)23-11(24)7-8(12(23)25)14(19)10(17)9(16)13(7,18)15(14,20)21/h2-4,7-8H,1H3/t7-,8-,13-,14-/m1/s1. The van der Waals surface area contributed by atoms with Crippen molar-refractivity contribution in [3.63, 3.8) is 0 Å². The normalized spacial score (nSPS) is 38.8. The van der Waals surface area contributed by atoms with E-state index < -0.39 is 37.7 Å². The van der Waals surface area contributed by atoms with Crippen molar-refractivity contribution < 1.29 is 9.59 Å². The largest absolute Gasteiger partial charge is 0.274 e. The van der Waals surface area contributed by atoms with E-state index >= 15 is 0 Å². The van der Waals surface area contributed by atoms with Gasteiger partial charge in [-0.25, -0.2) is 9.88 Å². The second-order valence-corrected chi connectivity index (χ2v) is 9.51. The lowest BCUT2D eigenvalue weighted by Crippen LogP contribution is -2.50. The van der Waals surface area contributed by atoms with E-state index in [0.29, 0.717) is 5.69 Å². The van der Waals surface area contributed by atoms with E-state index in [1.807, 2.05) is 0 Å². The molecule has 2 bridgehead atoms. The summed E-state index contributed by atoms with van der Waals surface area (Å²) in [5.74, 6) is -3.35. The lowest BCUT2D eigenvalue weighted by molar-refractivity contribution is -0.123. The summed E-state index contributed by atoms with van der Waals surface area (Å²) >= 11 is 38.5. The van der Waals surface area contributed by atoms with Crippen LogP contribution in [0.3, 0.4) is 0 Å². The van der Waals surface area contributed by atoms with Crippen molar-refractivity contribution in [1.29, 1.82) is 0 Å². The first-order chi connectivity index (χ1) is 11.5. The summed E-state index contributed by atoms with van der Waals surface area (Å²) < 4.78 is -1.93. The number of carbonyl (C=O) groups is 2. The van der Waals surface area contributed by atoms with Gasteiger partial charge in [-0.3, -0.25) is 9.59 Å². The Kier molecular flexibility index (Phi) is 3.76. The molecule has 4 nitrogen and oxygen atoms in total. The maximum absolute atomic E-state index is 13.1. The Hall–Kier alpha value is -0.230. The number of fused-ring (bicyclic) bond motifs is 5. The van der Waals surface area contributed by atoms with E-state index in [-0.39, 0.29) is 15.9 Å². The van der Waals surface area contributed by atoms with Crippen LogP contribution in [0.2, 0.25) is 0 Å². The molecule has 0 radical (unpaired) electrons. The van der Waals surface area contributed by atoms with E-state index in [4.69, 9.17) is 69.6 Å². The number of carbonyl (C=O) groups excluding carboxylic acids is 2. The van der Waals surface area contributed by atoms with Crippen molar-refractivity contribution >= 4 is 87.2 Å². The summed E-state index contributed by atoms with van der Waals surface area (Å²) in [5, 5.41) is -0.227. The van der Waals surface area contributed by atoms with Gasteiger partial charge in [-0.1, -0.05) is 52.5 Å². The third-order valence-corrected chi connectivity index (χ3v) is 9.27. The number of pyridine rings is 1. The van der Waals surface area contributed by atoms with E-state index in [1.165, 1.54) is 0 Å². The molecule has 4 rings (SSSR count). The Morgan fingerprint density at radius 1 is 0.960 bits per heavy atom. The molecule has 10 heteroatoms. The lowest BCUT2D eigenvalue weighted by Gasteiger charge is -2.34. The van der Waals surface area contributed by atoms with Crippen LogP contribution in [0.4, 0.5) is 5.82 Å². The van der Waals surface area contributed by atoms with Crippen LogP contribution in [0.25, 0.3) is 0 Å². The molecule has 1 aromatic heterocycles. The predicted octanol–water partition coefficient (Wildman–Crippen LogP) is 4.34. The molecule has 2 heterocycles. The molecule has 3 aliphatic rings. The van der Waals surface area contributed by atoms with E-state index in [2.05, 4.69) is 4.98 Å². The third-order valence-electron chi connectivity index (χ3n) is 5.01. The molecular formula is C15H8Cl6N2O2. The fraction of sp³-hybridized carbons (Fsp3) is 0.400. The molecule has 0 aromatic carbocycles. The summed E-state index contributed by atoms with van der Waals surface area (Å²) in [6.45, 7) is 1.74. The first kappa shape index (κ1) is 18.1. The zero-order valence-corrected chi connectivity index (χ0v) is 16.9. The minimum atomic E-state index is -1.93. The Morgan fingerprint density at radius 2 is 1.44 bits per heavy atom. The summed E-state index contributed by atoms with van der Waals surface area (Å²) in [5.41, 5.74) is 0.637. The van der Waals surface area contributed by atoms with Gasteiger partial charge in [0, 0.05) is 5.69 Å². The molecule has 1 aliphatic heterocycles. The smallest absolute Gasteiger partial charge is 0.241 e. The van der Waals surface area contributed by atoms with Crippen LogP contribution in [0.5, 0.6) is 0 Å². The molecule has 1 saturated carbocycles. The van der Waals surface area contributed by atoms with Crippen LogP contribution in [-0.4, -0.2) is 30.9 Å². The molecular weight excluding hydrogens is 453 g/mol. The molecule has 0 N–H and O–H groups in total. The molecule has 1 aromatic rings. The van der Waals surface area contributed by atoms with Crippen LogP contribution in [0, 0.1) is 18.8 Å². The number of allylic oxidation sites excluding steroid dienone is 2. The number of hydrogen-bond donors (Lipinski definition) is 0. The molecule has 25 heavy (non-hydrogen) atoms. The molecule has 132 valence electrons. The molecule has 0 unspecified atom stereocenters. The number of aromatic nitrogens is 1. The molecule has 2 amide bonds. The Morgan fingerprint density at radius 3 is 1.88 bits per heavy atom. The van der Waals surface area contributed by atoms with Crippen molar-refractivity contribution in [3.05, 3.63) is 34.0 Å². The summed E-state index contributed by atoms with van der Waals surface area (Å²) in [7, 11) is 0. The fourth-order valence-corrected chi connectivity index (χ4v) is 6.80. The lowest BCUT2D eigenvalue weighted by atomic mass is 9.84.